The lowest BCUT2D eigenvalue weighted by atomic mass is 10.3. The monoisotopic (exact) mass is 161 g/mol. The molecule has 2 N–H and O–H groups in total. The molecule has 0 aliphatic heterocycles. The Bertz CT molecular complexity index is 212. The van der Waals surface area contributed by atoms with Crippen LogP contribution in [0.25, 0.3) is 0 Å². The highest BCUT2D eigenvalue weighted by atomic mass is 32.2. The van der Waals surface area contributed by atoms with Gasteiger partial charge in [-0.15, -0.1) is 12.3 Å². The van der Waals surface area contributed by atoms with Gasteiger partial charge in [0.05, 0.1) is 5.75 Å². The number of hydrogen-bond acceptors (Lipinski definition) is 2. The molecule has 0 aromatic heterocycles. The van der Waals surface area contributed by atoms with Gasteiger partial charge in [0.2, 0.25) is 10.0 Å². The summed E-state index contributed by atoms with van der Waals surface area (Å²) in [4.78, 5) is 0. The largest absolute Gasteiger partial charge is 0.229 e. The minimum Gasteiger partial charge on any atom is -0.229 e. The van der Waals surface area contributed by atoms with E-state index < -0.39 is 10.0 Å². The molecule has 0 amide bonds. The van der Waals surface area contributed by atoms with Gasteiger partial charge in [0.15, 0.2) is 0 Å². The molecule has 0 bridgehead atoms. The average molecular weight is 161 g/mol. The lowest BCUT2D eigenvalue weighted by Gasteiger charge is -1.93. The van der Waals surface area contributed by atoms with Gasteiger partial charge in [-0.25, -0.2) is 13.6 Å². The highest BCUT2D eigenvalue weighted by Gasteiger charge is 1.99. The summed E-state index contributed by atoms with van der Waals surface area (Å²) in [5, 5.41) is 4.74. The van der Waals surface area contributed by atoms with Gasteiger partial charge < -0.3 is 0 Å². The summed E-state index contributed by atoms with van der Waals surface area (Å²) >= 11 is 0. The molecule has 0 aromatic rings. The minimum absolute atomic E-state index is 0.0364. The molecule has 0 radical (unpaired) electrons. The number of rotatable bonds is 4. The predicted molar refractivity (Wildman–Crippen MR) is 40.7 cm³/mol. The fraction of sp³-hybridized carbons (Fsp3) is 0.667. The maximum atomic E-state index is 10.3. The zero-order valence-corrected chi connectivity index (χ0v) is 6.52. The zero-order valence-electron chi connectivity index (χ0n) is 5.71. The molecule has 0 fully saturated rings. The second-order valence-corrected chi connectivity index (χ2v) is 3.76. The number of sulfonamides is 1. The molecule has 0 saturated carbocycles. The molecule has 0 aliphatic rings. The summed E-state index contributed by atoms with van der Waals surface area (Å²) < 4.78 is 20.6. The maximum Gasteiger partial charge on any atom is 0.209 e. The molecule has 58 valence electrons. The summed E-state index contributed by atoms with van der Waals surface area (Å²) in [7, 11) is -3.27. The number of unbranched alkanes of at least 4 members (excludes halogenated alkanes) is 2. The molecule has 0 atom stereocenters. The van der Waals surface area contributed by atoms with Crippen molar-refractivity contribution in [1.29, 1.82) is 0 Å². The normalized spacial score (nSPS) is 10.8. The first-order valence-electron chi connectivity index (χ1n) is 3.00. The first kappa shape index (κ1) is 9.47. The second-order valence-electron chi connectivity index (χ2n) is 2.03. The third-order valence-corrected chi connectivity index (χ3v) is 1.86. The molecule has 0 heterocycles. The Morgan fingerprint density at radius 2 is 2.00 bits per heavy atom. The molecule has 0 aliphatic carbocycles. The van der Waals surface area contributed by atoms with Crippen LogP contribution in [-0.2, 0) is 10.0 Å². The Morgan fingerprint density at radius 3 is 2.40 bits per heavy atom. The first-order valence-corrected chi connectivity index (χ1v) is 4.72. The molecule has 3 nitrogen and oxygen atoms in total. The zero-order chi connectivity index (χ0) is 8.04. The van der Waals surface area contributed by atoms with Gasteiger partial charge in [-0.1, -0.05) is 0 Å². The van der Waals surface area contributed by atoms with Crippen LogP contribution in [0.5, 0.6) is 0 Å². The Morgan fingerprint density at radius 1 is 1.40 bits per heavy atom. The third kappa shape index (κ3) is 7.47. The van der Waals surface area contributed by atoms with E-state index in [1.807, 2.05) is 0 Å². The summed E-state index contributed by atoms with van der Waals surface area (Å²) in [5.41, 5.74) is 0. The molecule has 0 spiro atoms. The van der Waals surface area contributed by atoms with Crippen molar-refractivity contribution < 1.29 is 8.42 Å². The van der Waals surface area contributed by atoms with Crippen molar-refractivity contribution in [1.82, 2.24) is 0 Å². The van der Waals surface area contributed by atoms with Crippen molar-refractivity contribution in [2.75, 3.05) is 5.75 Å². The molecule has 10 heavy (non-hydrogen) atoms. The lowest BCUT2D eigenvalue weighted by molar-refractivity contribution is 0.593. The van der Waals surface area contributed by atoms with E-state index >= 15 is 0 Å². The third-order valence-electron chi connectivity index (χ3n) is 1.000. The molecule has 0 rings (SSSR count). The Labute approximate surface area is 61.7 Å². The molecular weight excluding hydrogens is 150 g/mol. The summed E-state index contributed by atoms with van der Waals surface area (Å²) in [6.45, 7) is 0. The lowest BCUT2D eigenvalue weighted by Crippen LogP contribution is -2.16. The van der Waals surface area contributed by atoms with Crippen molar-refractivity contribution >= 4 is 10.0 Å². The van der Waals surface area contributed by atoms with Gasteiger partial charge in [0.1, 0.15) is 0 Å². The van der Waals surface area contributed by atoms with Crippen molar-refractivity contribution in [3.8, 4) is 12.3 Å². The van der Waals surface area contributed by atoms with Gasteiger partial charge in [-0.2, -0.15) is 0 Å². The highest BCUT2D eigenvalue weighted by Crippen LogP contribution is 1.94. The predicted octanol–water partition coefficient (Wildman–Crippen LogP) is 0.0784. The number of terminal acetylenes is 1. The molecule has 0 aromatic carbocycles. The maximum absolute atomic E-state index is 10.3. The Balaban J connectivity index is 3.32. The van der Waals surface area contributed by atoms with Crippen molar-refractivity contribution in [2.24, 2.45) is 5.14 Å². The van der Waals surface area contributed by atoms with Crippen LogP contribution >= 0.6 is 0 Å². The van der Waals surface area contributed by atoms with Crippen LogP contribution in [0.4, 0.5) is 0 Å². The molecule has 0 unspecified atom stereocenters. The van der Waals surface area contributed by atoms with Crippen LogP contribution in [-0.4, -0.2) is 14.2 Å². The summed E-state index contributed by atoms with van der Waals surface area (Å²) in [6.07, 6.45) is 6.86. The van der Waals surface area contributed by atoms with Gasteiger partial charge in [-0.05, 0) is 12.8 Å². The minimum atomic E-state index is -3.27. The summed E-state index contributed by atoms with van der Waals surface area (Å²) in [6, 6.07) is 0. The standard InChI is InChI=1S/C6H11NO2S/c1-2-3-4-5-6-10(7,8)9/h1H,3-6H2,(H2,7,8,9). The highest BCUT2D eigenvalue weighted by molar-refractivity contribution is 7.89. The molecule has 0 saturated heterocycles. The molecular formula is C6H11NO2S. The van der Waals surface area contributed by atoms with Crippen LogP contribution < -0.4 is 5.14 Å². The van der Waals surface area contributed by atoms with Crippen LogP contribution in [0.2, 0.25) is 0 Å². The van der Waals surface area contributed by atoms with Crippen LogP contribution in [0, 0.1) is 12.3 Å². The summed E-state index contributed by atoms with van der Waals surface area (Å²) in [5.74, 6) is 2.45. The smallest absolute Gasteiger partial charge is 0.209 e. The van der Waals surface area contributed by atoms with Gasteiger partial charge in [0, 0.05) is 6.42 Å². The van der Waals surface area contributed by atoms with E-state index in [-0.39, 0.29) is 5.75 Å². The van der Waals surface area contributed by atoms with Gasteiger partial charge >= 0.3 is 0 Å². The van der Waals surface area contributed by atoms with Crippen LogP contribution in [0.3, 0.4) is 0 Å². The fourth-order valence-electron chi connectivity index (χ4n) is 0.530. The Kier molecular flexibility index (Phi) is 4.08. The molecule has 4 heteroatoms. The fourth-order valence-corrected chi connectivity index (χ4v) is 1.14. The average Bonchev–Trinajstić information content (AvgIpc) is 1.78. The van der Waals surface area contributed by atoms with E-state index in [0.717, 1.165) is 6.42 Å². The van der Waals surface area contributed by atoms with Gasteiger partial charge in [0.25, 0.3) is 0 Å². The van der Waals surface area contributed by atoms with E-state index in [9.17, 15) is 8.42 Å². The van der Waals surface area contributed by atoms with Crippen molar-refractivity contribution in [2.45, 2.75) is 19.3 Å². The van der Waals surface area contributed by atoms with Crippen LogP contribution in [0.15, 0.2) is 0 Å². The van der Waals surface area contributed by atoms with Crippen LogP contribution in [0.1, 0.15) is 19.3 Å². The van der Waals surface area contributed by atoms with E-state index in [4.69, 9.17) is 11.6 Å². The number of primary sulfonamides is 1. The quantitative estimate of drug-likeness (QED) is 0.469. The number of nitrogens with two attached hydrogens (primary N) is 1. The van der Waals surface area contributed by atoms with Crippen molar-refractivity contribution in [3.63, 3.8) is 0 Å². The van der Waals surface area contributed by atoms with E-state index in [0.29, 0.717) is 12.8 Å². The SMILES string of the molecule is C#CCCCCS(N)(=O)=O. The topological polar surface area (TPSA) is 60.2 Å². The van der Waals surface area contributed by atoms with E-state index in [2.05, 4.69) is 5.92 Å². The first-order chi connectivity index (χ1) is 4.56. The van der Waals surface area contributed by atoms with Crippen molar-refractivity contribution in [3.05, 3.63) is 0 Å². The van der Waals surface area contributed by atoms with Gasteiger partial charge in [-0.3, -0.25) is 0 Å². The van der Waals surface area contributed by atoms with E-state index in [1.165, 1.54) is 0 Å². The Hall–Kier alpha value is -0.530. The second kappa shape index (κ2) is 4.31. The number of hydrogen-bond donors (Lipinski definition) is 1. The van der Waals surface area contributed by atoms with E-state index in [1.54, 1.807) is 0 Å².